The quantitative estimate of drug-likeness (QED) is 0.696. The largest absolute Gasteiger partial charge is 0.481 e. The highest BCUT2D eigenvalue weighted by Gasteiger charge is 2.56. The van der Waals surface area contributed by atoms with Gasteiger partial charge >= 0.3 is 5.97 Å². The van der Waals surface area contributed by atoms with E-state index in [0.29, 0.717) is 18.4 Å². The van der Waals surface area contributed by atoms with Gasteiger partial charge in [-0.15, -0.1) is 0 Å². The Bertz CT molecular complexity index is 311. The third-order valence-electron chi connectivity index (χ3n) is 4.35. The van der Waals surface area contributed by atoms with Crippen molar-refractivity contribution in [1.29, 1.82) is 0 Å². The van der Waals surface area contributed by atoms with Crippen molar-refractivity contribution in [3.8, 4) is 0 Å². The number of nitrogens with two attached hydrogens (primary N) is 1. The molecular weight excluding hydrogens is 190 g/mol. The summed E-state index contributed by atoms with van der Waals surface area (Å²) in [6, 6.07) is 0. The van der Waals surface area contributed by atoms with Crippen LogP contribution < -0.4 is 5.73 Å². The second-order valence-electron chi connectivity index (χ2n) is 5.06. The predicted molar refractivity (Wildman–Crippen MR) is 58.3 cm³/mol. The summed E-state index contributed by atoms with van der Waals surface area (Å²) < 4.78 is 0. The van der Waals surface area contributed by atoms with E-state index in [-0.39, 0.29) is 11.8 Å². The van der Waals surface area contributed by atoms with E-state index < -0.39 is 5.97 Å². The second-order valence-corrected chi connectivity index (χ2v) is 5.06. The number of allylic oxidation sites excluding steroid dienone is 2. The van der Waals surface area contributed by atoms with Gasteiger partial charge in [-0.2, -0.15) is 0 Å². The SMILES string of the molecule is CC=C1C[C@@H]2C[C@](CN)(CC(=O)O)[C@@H]2C1. The van der Waals surface area contributed by atoms with Gasteiger partial charge in [0.2, 0.25) is 0 Å². The number of hydrogen-bond donors (Lipinski definition) is 2. The molecular formula is C12H19NO2. The minimum atomic E-state index is -0.701. The molecule has 15 heavy (non-hydrogen) atoms. The zero-order chi connectivity index (χ0) is 11.1. The lowest BCUT2D eigenvalue weighted by molar-refractivity contribution is -0.145. The molecule has 0 heterocycles. The fourth-order valence-electron chi connectivity index (χ4n) is 3.50. The molecule has 2 saturated carbocycles. The predicted octanol–water partition coefficient (Wildman–Crippen LogP) is 1.78. The van der Waals surface area contributed by atoms with Crippen LogP contribution in [0.5, 0.6) is 0 Å². The average molecular weight is 209 g/mol. The summed E-state index contributed by atoms with van der Waals surface area (Å²) in [6.45, 7) is 2.60. The van der Waals surface area contributed by atoms with Crippen LogP contribution in [0.3, 0.4) is 0 Å². The number of hydrogen-bond acceptors (Lipinski definition) is 2. The molecule has 0 aliphatic heterocycles. The topological polar surface area (TPSA) is 63.3 Å². The summed E-state index contributed by atoms with van der Waals surface area (Å²) >= 11 is 0. The van der Waals surface area contributed by atoms with Crippen molar-refractivity contribution in [3.05, 3.63) is 11.6 Å². The van der Waals surface area contributed by atoms with Crippen LogP contribution in [-0.2, 0) is 4.79 Å². The minimum absolute atomic E-state index is 0.0960. The summed E-state index contributed by atoms with van der Waals surface area (Å²) in [5.74, 6) is 0.539. The van der Waals surface area contributed by atoms with E-state index in [0.717, 1.165) is 12.8 Å². The molecule has 3 heteroatoms. The average Bonchev–Trinajstić information content (AvgIpc) is 2.53. The first kappa shape index (κ1) is 10.7. The third-order valence-corrected chi connectivity index (χ3v) is 4.35. The molecule has 2 aliphatic rings. The molecule has 0 bridgehead atoms. The third kappa shape index (κ3) is 1.59. The highest BCUT2D eigenvalue weighted by molar-refractivity contribution is 5.68. The maximum atomic E-state index is 10.8. The summed E-state index contributed by atoms with van der Waals surface area (Å²) in [6.07, 6.45) is 5.69. The van der Waals surface area contributed by atoms with Crippen molar-refractivity contribution in [2.24, 2.45) is 23.0 Å². The van der Waals surface area contributed by atoms with Crippen LogP contribution in [0, 0.1) is 17.3 Å². The van der Waals surface area contributed by atoms with Crippen LogP contribution in [0.4, 0.5) is 0 Å². The van der Waals surface area contributed by atoms with Crippen molar-refractivity contribution in [2.45, 2.75) is 32.6 Å². The lowest BCUT2D eigenvalue weighted by Crippen LogP contribution is -2.51. The lowest BCUT2D eigenvalue weighted by atomic mass is 9.53. The lowest BCUT2D eigenvalue weighted by Gasteiger charge is -2.51. The van der Waals surface area contributed by atoms with Gasteiger partial charge < -0.3 is 10.8 Å². The van der Waals surface area contributed by atoms with Crippen molar-refractivity contribution < 1.29 is 9.90 Å². The molecule has 0 aromatic rings. The normalized spacial score (nSPS) is 41.3. The molecule has 2 aliphatic carbocycles. The summed E-state index contributed by atoms with van der Waals surface area (Å²) in [7, 11) is 0. The molecule has 3 nitrogen and oxygen atoms in total. The Morgan fingerprint density at radius 1 is 1.67 bits per heavy atom. The zero-order valence-electron chi connectivity index (χ0n) is 9.20. The standard InChI is InChI=1S/C12H19NO2/c1-2-8-3-9-5-12(7-13,6-11(14)15)10(9)4-8/h2,9-10H,3-7,13H2,1H3,(H,14,15)/t9-,10-,12-/m1/s1. The first-order valence-corrected chi connectivity index (χ1v) is 5.67. The van der Waals surface area contributed by atoms with Gasteiger partial charge in [-0.25, -0.2) is 0 Å². The minimum Gasteiger partial charge on any atom is -0.481 e. The van der Waals surface area contributed by atoms with E-state index in [1.165, 1.54) is 12.0 Å². The zero-order valence-corrected chi connectivity index (χ0v) is 9.20. The van der Waals surface area contributed by atoms with Crippen molar-refractivity contribution in [2.75, 3.05) is 6.54 Å². The van der Waals surface area contributed by atoms with Gasteiger partial charge in [0.25, 0.3) is 0 Å². The number of carboxylic acid groups (broad SMARTS) is 1. The molecule has 2 rings (SSSR count). The van der Waals surface area contributed by atoms with E-state index in [2.05, 4.69) is 13.0 Å². The van der Waals surface area contributed by atoms with Crippen LogP contribution in [-0.4, -0.2) is 17.6 Å². The van der Waals surface area contributed by atoms with Crippen LogP contribution in [0.15, 0.2) is 11.6 Å². The van der Waals surface area contributed by atoms with Gasteiger partial charge in [0.1, 0.15) is 0 Å². The smallest absolute Gasteiger partial charge is 0.303 e. The van der Waals surface area contributed by atoms with Gasteiger partial charge in [0.05, 0.1) is 6.42 Å². The first-order chi connectivity index (χ1) is 7.11. The van der Waals surface area contributed by atoms with Gasteiger partial charge in [0, 0.05) is 0 Å². The second kappa shape index (κ2) is 3.63. The molecule has 0 spiro atoms. The van der Waals surface area contributed by atoms with Gasteiger partial charge in [-0.1, -0.05) is 11.6 Å². The number of aliphatic carboxylic acids is 1. The highest BCUT2D eigenvalue weighted by atomic mass is 16.4. The first-order valence-electron chi connectivity index (χ1n) is 5.67. The number of rotatable bonds is 3. The Labute approximate surface area is 90.3 Å². The fraction of sp³-hybridized carbons (Fsp3) is 0.750. The van der Waals surface area contributed by atoms with Crippen LogP contribution in [0.2, 0.25) is 0 Å². The Balaban J connectivity index is 2.09. The van der Waals surface area contributed by atoms with Crippen LogP contribution >= 0.6 is 0 Å². The summed E-state index contributed by atoms with van der Waals surface area (Å²) in [4.78, 5) is 10.8. The molecule has 0 radical (unpaired) electrons. The van der Waals surface area contributed by atoms with Crippen molar-refractivity contribution >= 4 is 5.97 Å². The summed E-state index contributed by atoms with van der Waals surface area (Å²) in [5, 5.41) is 8.92. The van der Waals surface area contributed by atoms with Crippen molar-refractivity contribution in [3.63, 3.8) is 0 Å². The highest BCUT2D eigenvalue weighted by Crippen LogP contribution is 2.61. The van der Waals surface area contributed by atoms with E-state index in [1.807, 2.05) is 0 Å². The number of carboxylic acids is 1. The fourth-order valence-corrected chi connectivity index (χ4v) is 3.50. The number of carbonyl (C=O) groups is 1. The van der Waals surface area contributed by atoms with Crippen LogP contribution in [0.1, 0.15) is 32.6 Å². The van der Waals surface area contributed by atoms with E-state index in [1.54, 1.807) is 0 Å². The maximum Gasteiger partial charge on any atom is 0.303 e. The molecule has 0 amide bonds. The van der Waals surface area contributed by atoms with E-state index in [9.17, 15) is 4.79 Å². The molecule has 2 fully saturated rings. The summed E-state index contributed by atoms with van der Waals surface area (Å²) in [5.41, 5.74) is 7.17. The van der Waals surface area contributed by atoms with Crippen LogP contribution in [0.25, 0.3) is 0 Å². The maximum absolute atomic E-state index is 10.8. The molecule has 3 N–H and O–H groups in total. The van der Waals surface area contributed by atoms with Gasteiger partial charge in [-0.3, -0.25) is 4.79 Å². The Morgan fingerprint density at radius 3 is 2.93 bits per heavy atom. The molecule has 0 unspecified atom stereocenters. The molecule has 0 aromatic carbocycles. The Hall–Kier alpha value is -0.830. The Kier molecular flexibility index (Phi) is 2.59. The monoisotopic (exact) mass is 209 g/mol. The molecule has 0 aromatic heterocycles. The Morgan fingerprint density at radius 2 is 2.40 bits per heavy atom. The number of fused-ring (bicyclic) bond motifs is 1. The van der Waals surface area contributed by atoms with E-state index in [4.69, 9.17) is 10.8 Å². The van der Waals surface area contributed by atoms with E-state index >= 15 is 0 Å². The van der Waals surface area contributed by atoms with Crippen molar-refractivity contribution in [1.82, 2.24) is 0 Å². The molecule has 0 saturated heterocycles. The van der Waals surface area contributed by atoms with Gasteiger partial charge in [0.15, 0.2) is 0 Å². The molecule has 3 atom stereocenters. The van der Waals surface area contributed by atoms with Gasteiger partial charge in [-0.05, 0) is 50.0 Å². The molecule has 84 valence electrons.